The number of rotatable bonds is 5. The standard InChI is InChI=1S/C31H42N4O2/c1-2-16-34-20-22(17-26-25-14-9-15-27-29(25)21(19-32-27)18-28(26)34)30(36)35(24-12-7-4-8-13-24)31(37)33-23-10-5-3-6-11-23/h2,9,14-15,19,22-24,26,28,32H,1,3-8,10-13,16-18,20H2,(H,33,37)/t22-,26?,28-/m1/s1. The number of urea groups is 1. The molecule has 0 bridgehead atoms. The number of hydrogen-bond acceptors (Lipinski definition) is 3. The van der Waals surface area contributed by atoms with Gasteiger partial charge in [-0.2, -0.15) is 0 Å². The molecule has 6 nitrogen and oxygen atoms in total. The van der Waals surface area contributed by atoms with E-state index in [1.807, 2.05) is 6.08 Å². The van der Waals surface area contributed by atoms with E-state index in [2.05, 4.69) is 46.2 Å². The molecule has 0 radical (unpaired) electrons. The molecule has 1 aromatic heterocycles. The Balaban J connectivity index is 1.29. The molecule has 0 spiro atoms. The van der Waals surface area contributed by atoms with Crippen LogP contribution in [0.4, 0.5) is 4.79 Å². The fourth-order valence-electron chi connectivity index (χ4n) is 7.83. The lowest BCUT2D eigenvalue weighted by atomic mass is 9.72. The Kier molecular flexibility index (Phi) is 7.11. The number of aromatic amines is 1. The molecular formula is C31H42N4O2. The molecule has 37 heavy (non-hydrogen) atoms. The summed E-state index contributed by atoms with van der Waals surface area (Å²) in [6.07, 6.45) is 16.8. The van der Waals surface area contributed by atoms with Crippen LogP contribution in [-0.4, -0.2) is 57.9 Å². The molecule has 1 saturated heterocycles. The first-order valence-electron chi connectivity index (χ1n) is 14.7. The summed E-state index contributed by atoms with van der Waals surface area (Å²) in [7, 11) is 0. The zero-order chi connectivity index (χ0) is 25.4. The lowest BCUT2D eigenvalue weighted by Gasteiger charge is -2.47. The lowest BCUT2D eigenvalue weighted by Crippen LogP contribution is -2.58. The molecule has 3 amide bonds. The highest BCUT2D eigenvalue weighted by atomic mass is 16.2. The highest BCUT2D eigenvalue weighted by molar-refractivity contribution is 5.96. The first kappa shape index (κ1) is 24.7. The summed E-state index contributed by atoms with van der Waals surface area (Å²) < 4.78 is 0. The highest BCUT2D eigenvalue weighted by Gasteiger charge is 2.45. The lowest BCUT2D eigenvalue weighted by molar-refractivity contribution is -0.137. The van der Waals surface area contributed by atoms with Crippen LogP contribution in [0.1, 0.15) is 87.7 Å². The number of likely N-dealkylation sites (tertiary alicyclic amines) is 1. The van der Waals surface area contributed by atoms with E-state index in [0.29, 0.717) is 12.6 Å². The quantitative estimate of drug-likeness (QED) is 0.501. The van der Waals surface area contributed by atoms with Crippen molar-refractivity contribution in [2.24, 2.45) is 5.92 Å². The van der Waals surface area contributed by atoms with Crippen molar-refractivity contribution in [3.8, 4) is 0 Å². The minimum absolute atomic E-state index is 0.0292. The number of H-pyrrole nitrogens is 1. The van der Waals surface area contributed by atoms with E-state index in [1.54, 1.807) is 4.90 Å². The van der Waals surface area contributed by atoms with Gasteiger partial charge < -0.3 is 10.3 Å². The van der Waals surface area contributed by atoms with E-state index in [1.165, 1.54) is 34.9 Å². The maximum absolute atomic E-state index is 14.3. The molecule has 198 valence electrons. The number of carbonyl (C=O) groups is 2. The van der Waals surface area contributed by atoms with E-state index < -0.39 is 0 Å². The number of nitrogens with one attached hydrogen (secondary N) is 2. The summed E-state index contributed by atoms with van der Waals surface area (Å²) >= 11 is 0. The molecular weight excluding hydrogens is 460 g/mol. The third-order valence-corrected chi connectivity index (χ3v) is 9.62. The normalized spacial score (nSPS) is 27.0. The van der Waals surface area contributed by atoms with Crippen molar-refractivity contribution in [1.82, 2.24) is 20.1 Å². The van der Waals surface area contributed by atoms with Gasteiger partial charge in [0.05, 0.1) is 5.92 Å². The van der Waals surface area contributed by atoms with E-state index in [4.69, 9.17) is 0 Å². The van der Waals surface area contributed by atoms with Crippen LogP contribution in [0.25, 0.3) is 10.9 Å². The van der Waals surface area contributed by atoms with E-state index in [0.717, 1.165) is 70.8 Å². The minimum atomic E-state index is -0.184. The van der Waals surface area contributed by atoms with Crippen LogP contribution in [0.2, 0.25) is 0 Å². The number of piperidine rings is 1. The summed E-state index contributed by atoms with van der Waals surface area (Å²) in [5.74, 6) is 0.139. The second-order valence-electron chi connectivity index (χ2n) is 11.9. The van der Waals surface area contributed by atoms with Crippen molar-refractivity contribution in [2.45, 2.75) is 101 Å². The Hall–Kier alpha value is -2.60. The number of nitrogens with zero attached hydrogens (tertiary/aromatic N) is 2. The van der Waals surface area contributed by atoms with Gasteiger partial charge in [0.1, 0.15) is 0 Å². The third-order valence-electron chi connectivity index (χ3n) is 9.62. The van der Waals surface area contributed by atoms with Gasteiger partial charge in [-0.1, -0.05) is 56.7 Å². The smallest absolute Gasteiger partial charge is 0.324 e. The highest BCUT2D eigenvalue weighted by Crippen LogP contribution is 2.45. The predicted molar refractivity (Wildman–Crippen MR) is 148 cm³/mol. The van der Waals surface area contributed by atoms with Gasteiger partial charge in [-0.15, -0.1) is 6.58 Å². The number of fused-ring (bicyclic) bond motifs is 2. The number of amides is 3. The second kappa shape index (κ2) is 10.6. The molecule has 6 rings (SSSR count). The SMILES string of the molecule is C=CCN1C[C@H](C(=O)N(C(=O)NC2CCCCC2)C2CCCCC2)CC2c3cccc4[nH]cc(c34)C[C@H]21. The first-order valence-corrected chi connectivity index (χ1v) is 14.7. The molecule has 3 atom stereocenters. The van der Waals surface area contributed by atoms with Crippen LogP contribution in [-0.2, 0) is 11.2 Å². The van der Waals surface area contributed by atoms with E-state index in [-0.39, 0.29) is 35.9 Å². The van der Waals surface area contributed by atoms with Gasteiger partial charge in [0, 0.05) is 54.2 Å². The van der Waals surface area contributed by atoms with Crippen LogP contribution in [0, 0.1) is 5.92 Å². The Bertz CT molecular complexity index is 1140. The topological polar surface area (TPSA) is 68.4 Å². The van der Waals surface area contributed by atoms with E-state index in [9.17, 15) is 9.59 Å². The van der Waals surface area contributed by atoms with Crippen molar-refractivity contribution < 1.29 is 9.59 Å². The number of aromatic nitrogens is 1. The van der Waals surface area contributed by atoms with Crippen molar-refractivity contribution in [3.63, 3.8) is 0 Å². The van der Waals surface area contributed by atoms with Gasteiger partial charge in [-0.05, 0) is 55.7 Å². The predicted octanol–water partition coefficient (Wildman–Crippen LogP) is 5.89. The van der Waals surface area contributed by atoms with Crippen LogP contribution >= 0.6 is 0 Å². The van der Waals surface area contributed by atoms with Gasteiger partial charge in [0.2, 0.25) is 5.91 Å². The van der Waals surface area contributed by atoms with Gasteiger partial charge in [-0.3, -0.25) is 14.6 Å². The van der Waals surface area contributed by atoms with Crippen LogP contribution < -0.4 is 5.32 Å². The van der Waals surface area contributed by atoms with Crippen LogP contribution in [0.5, 0.6) is 0 Å². The second-order valence-corrected chi connectivity index (χ2v) is 11.9. The van der Waals surface area contributed by atoms with Crippen LogP contribution in [0.15, 0.2) is 37.1 Å². The summed E-state index contributed by atoms with van der Waals surface area (Å²) in [6, 6.07) is 6.99. The van der Waals surface area contributed by atoms with Crippen LogP contribution in [0.3, 0.4) is 0 Å². The minimum Gasteiger partial charge on any atom is -0.361 e. The van der Waals surface area contributed by atoms with Gasteiger partial charge in [-0.25, -0.2) is 4.79 Å². The molecule has 3 fully saturated rings. The first-order chi connectivity index (χ1) is 18.1. The Morgan fingerprint density at radius 1 is 1.08 bits per heavy atom. The van der Waals surface area contributed by atoms with E-state index >= 15 is 0 Å². The Morgan fingerprint density at radius 3 is 2.59 bits per heavy atom. The molecule has 1 unspecified atom stereocenters. The number of hydrogen-bond donors (Lipinski definition) is 2. The maximum Gasteiger partial charge on any atom is 0.324 e. The summed E-state index contributed by atoms with van der Waals surface area (Å²) in [5, 5.41) is 4.63. The average Bonchev–Trinajstić information content (AvgIpc) is 3.34. The zero-order valence-electron chi connectivity index (χ0n) is 22.1. The molecule has 1 aliphatic heterocycles. The molecule has 3 aliphatic carbocycles. The molecule has 1 aromatic carbocycles. The van der Waals surface area contributed by atoms with Crippen molar-refractivity contribution in [3.05, 3.63) is 48.2 Å². The van der Waals surface area contributed by atoms with Gasteiger partial charge in [0.15, 0.2) is 0 Å². The fourth-order valence-corrected chi connectivity index (χ4v) is 7.83. The molecule has 2 aromatic rings. The van der Waals surface area contributed by atoms with Crippen molar-refractivity contribution in [1.29, 1.82) is 0 Å². The fraction of sp³-hybridized carbons (Fsp3) is 0.613. The zero-order valence-corrected chi connectivity index (χ0v) is 22.1. The Morgan fingerprint density at radius 2 is 1.84 bits per heavy atom. The van der Waals surface area contributed by atoms with Gasteiger partial charge >= 0.3 is 6.03 Å². The molecule has 2 saturated carbocycles. The average molecular weight is 503 g/mol. The summed E-state index contributed by atoms with van der Waals surface area (Å²) in [5.41, 5.74) is 3.92. The number of carbonyl (C=O) groups excluding carboxylic acids is 2. The molecule has 4 aliphatic rings. The van der Waals surface area contributed by atoms with Crippen molar-refractivity contribution in [2.75, 3.05) is 13.1 Å². The number of imide groups is 1. The molecule has 6 heteroatoms. The largest absolute Gasteiger partial charge is 0.361 e. The summed E-state index contributed by atoms with van der Waals surface area (Å²) in [4.78, 5) is 35.7. The monoisotopic (exact) mass is 502 g/mol. The molecule has 2 N–H and O–H groups in total. The maximum atomic E-state index is 14.3. The van der Waals surface area contributed by atoms with Crippen molar-refractivity contribution >= 4 is 22.8 Å². The third kappa shape index (κ3) is 4.73. The van der Waals surface area contributed by atoms with Gasteiger partial charge in [0.25, 0.3) is 0 Å². The molecule has 2 heterocycles. The number of benzene rings is 1. The summed E-state index contributed by atoms with van der Waals surface area (Å²) in [6.45, 7) is 5.49. The Labute approximate surface area is 220 Å².